The van der Waals surface area contributed by atoms with Crippen molar-refractivity contribution in [3.8, 4) is 5.75 Å². The van der Waals surface area contributed by atoms with Crippen LogP contribution in [0.5, 0.6) is 5.75 Å². The van der Waals surface area contributed by atoms with Crippen LogP contribution in [0.1, 0.15) is 35.7 Å². The third-order valence-electron chi connectivity index (χ3n) is 6.20. The molecular weight excluding hydrogens is 398 g/mol. The van der Waals surface area contributed by atoms with Crippen LogP contribution >= 0.6 is 0 Å². The van der Waals surface area contributed by atoms with E-state index in [1.165, 1.54) is 5.56 Å². The van der Waals surface area contributed by atoms with E-state index in [1.54, 1.807) is 7.11 Å². The maximum absolute atomic E-state index is 12.8. The molecule has 2 heterocycles. The Kier molecular flexibility index (Phi) is 7.51. The Labute approximate surface area is 190 Å². The molecule has 4 rings (SSSR count). The first-order chi connectivity index (χ1) is 15.7. The Hall–Kier alpha value is -3.18. The van der Waals surface area contributed by atoms with Crippen molar-refractivity contribution in [1.82, 2.24) is 15.2 Å². The van der Waals surface area contributed by atoms with E-state index in [0.717, 1.165) is 49.5 Å². The predicted octanol–water partition coefficient (Wildman–Crippen LogP) is 4.40. The van der Waals surface area contributed by atoms with Crippen LogP contribution in [0.25, 0.3) is 0 Å². The molecule has 1 atom stereocenters. The summed E-state index contributed by atoms with van der Waals surface area (Å²) < 4.78 is 5.26. The molecule has 5 heteroatoms. The van der Waals surface area contributed by atoms with Gasteiger partial charge in [-0.05, 0) is 67.2 Å². The van der Waals surface area contributed by atoms with Crippen LogP contribution in [0.15, 0.2) is 79.0 Å². The molecular formula is C27H31N3O2. The summed E-state index contributed by atoms with van der Waals surface area (Å²) in [4.78, 5) is 19.9. The van der Waals surface area contributed by atoms with Crippen LogP contribution in [0.3, 0.4) is 0 Å². The summed E-state index contributed by atoms with van der Waals surface area (Å²) in [6.07, 6.45) is 4.26. The fourth-order valence-corrected chi connectivity index (χ4v) is 4.43. The van der Waals surface area contributed by atoms with Crippen LogP contribution in [0, 0.1) is 5.92 Å². The van der Waals surface area contributed by atoms with Gasteiger partial charge in [0.1, 0.15) is 5.75 Å². The molecule has 0 radical (unpaired) electrons. The third-order valence-corrected chi connectivity index (χ3v) is 6.20. The number of aromatic nitrogens is 1. The van der Waals surface area contributed by atoms with Crippen LogP contribution < -0.4 is 10.1 Å². The number of benzene rings is 2. The predicted molar refractivity (Wildman–Crippen MR) is 126 cm³/mol. The number of piperidine rings is 1. The second-order valence-corrected chi connectivity index (χ2v) is 8.42. The molecule has 32 heavy (non-hydrogen) atoms. The number of hydrogen-bond donors (Lipinski definition) is 1. The van der Waals surface area contributed by atoms with Gasteiger partial charge in [-0.2, -0.15) is 0 Å². The summed E-state index contributed by atoms with van der Waals surface area (Å²) in [5.74, 6) is 1.31. The largest absolute Gasteiger partial charge is 0.497 e. The first kappa shape index (κ1) is 22.0. The summed E-state index contributed by atoms with van der Waals surface area (Å²) in [5, 5.41) is 3.29. The average molecular weight is 430 g/mol. The van der Waals surface area contributed by atoms with Gasteiger partial charge in [-0.3, -0.25) is 14.7 Å². The molecule has 1 amide bonds. The lowest BCUT2D eigenvalue weighted by Gasteiger charge is -2.36. The van der Waals surface area contributed by atoms with E-state index < -0.39 is 0 Å². The molecule has 0 aliphatic carbocycles. The minimum Gasteiger partial charge on any atom is -0.497 e. The van der Waals surface area contributed by atoms with Crippen molar-refractivity contribution in [2.75, 3.05) is 20.2 Å². The van der Waals surface area contributed by atoms with Gasteiger partial charge in [-0.15, -0.1) is 0 Å². The maximum atomic E-state index is 12.8. The van der Waals surface area contributed by atoms with Gasteiger partial charge in [0.15, 0.2) is 0 Å². The number of likely N-dealkylation sites (tertiary alicyclic amines) is 1. The Morgan fingerprint density at radius 2 is 1.72 bits per heavy atom. The second-order valence-electron chi connectivity index (χ2n) is 8.42. The highest BCUT2D eigenvalue weighted by Gasteiger charge is 2.29. The first-order valence-electron chi connectivity index (χ1n) is 11.3. The number of pyridine rings is 1. The summed E-state index contributed by atoms with van der Waals surface area (Å²) >= 11 is 0. The summed E-state index contributed by atoms with van der Waals surface area (Å²) in [6.45, 7) is 2.95. The molecule has 3 aromatic rings. The molecule has 0 bridgehead atoms. The van der Waals surface area contributed by atoms with Crippen molar-refractivity contribution < 1.29 is 9.53 Å². The standard InChI is InChI=1S/C27H31N3O2/c1-32-24-12-10-22(11-13-24)20-30-17-14-23(15-18-30)27(25-9-5-6-16-28-25)29-26(31)19-21-7-3-2-4-8-21/h2-13,16,23,27H,14-15,17-20H2,1H3,(H,29,31)/t27-/m1/s1. The normalized spacial score (nSPS) is 15.8. The number of ether oxygens (including phenoxy) is 1. The number of carbonyl (C=O) groups excluding carboxylic acids is 1. The minimum absolute atomic E-state index is 0.0486. The molecule has 2 aromatic carbocycles. The minimum atomic E-state index is -0.0597. The van der Waals surface area contributed by atoms with E-state index in [1.807, 2.05) is 66.9 Å². The van der Waals surface area contributed by atoms with E-state index in [0.29, 0.717) is 12.3 Å². The van der Waals surface area contributed by atoms with Gasteiger partial charge in [-0.1, -0.05) is 48.5 Å². The van der Waals surface area contributed by atoms with Crippen molar-refractivity contribution in [2.45, 2.75) is 31.8 Å². The van der Waals surface area contributed by atoms with Crippen molar-refractivity contribution in [1.29, 1.82) is 0 Å². The van der Waals surface area contributed by atoms with Crippen LogP contribution in [0.4, 0.5) is 0 Å². The van der Waals surface area contributed by atoms with Crippen molar-refractivity contribution in [2.24, 2.45) is 5.92 Å². The Bertz CT molecular complexity index is 969. The smallest absolute Gasteiger partial charge is 0.224 e. The second kappa shape index (κ2) is 10.9. The van der Waals surface area contributed by atoms with E-state index in [2.05, 4.69) is 27.3 Å². The van der Waals surface area contributed by atoms with Gasteiger partial charge in [0.25, 0.3) is 0 Å². The lowest BCUT2D eigenvalue weighted by molar-refractivity contribution is -0.121. The number of carbonyl (C=O) groups is 1. The van der Waals surface area contributed by atoms with E-state index in [4.69, 9.17) is 4.74 Å². The molecule has 0 saturated carbocycles. The van der Waals surface area contributed by atoms with Crippen LogP contribution in [0.2, 0.25) is 0 Å². The fourth-order valence-electron chi connectivity index (χ4n) is 4.43. The molecule has 0 unspecified atom stereocenters. The van der Waals surface area contributed by atoms with Crippen LogP contribution in [-0.2, 0) is 17.8 Å². The lowest BCUT2D eigenvalue weighted by Crippen LogP contribution is -2.41. The Morgan fingerprint density at radius 3 is 2.38 bits per heavy atom. The fraction of sp³-hybridized carbons (Fsp3) is 0.333. The Morgan fingerprint density at radius 1 is 1.00 bits per heavy atom. The van der Waals surface area contributed by atoms with Gasteiger partial charge in [-0.25, -0.2) is 0 Å². The highest BCUT2D eigenvalue weighted by Crippen LogP contribution is 2.30. The molecule has 5 nitrogen and oxygen atoms in total. The third kappa shape index (κ3) is 5.95. The maximum Gasteiger partial charge on any atom is 0.224 e. The molecule has 166 valence electrons. The SMILES string of the molecule is COc1ccc(CN2CCC([C@@H](NC(=O)Cc3ccccc3)c3ccccn3)CC2)cc1. The number of hydrogen-bond acceptors (Lipinski definition) is 4. The zero-order valence-electron chi connectivity index (χ0n) is 18.6. The zero-order valence-corrected chi connectivity index (χ0v) is 18.6. The number of nitrogens with zero attached hydrogens (tertiary/aromatic N) is 2. The molecule has 1 aliphatic heterocycles. The molecule has 1 N–H and O–H groups in total. The lowest BCUT2D eigenvalue weighted by atomic mass is 9.87. The molecule has 1 aromatic heterocycles. The highest BCUT2D eigenvalue weighted by atomic mass is 16.5. The first-order valence-corrected chi connectivity index (χ1v) is 11.3. The summed E-state index contributed by atoms with van der Waals surface area (Å²) in [7, 11) is 1.69. The summed E-state index contributed by atoms with van der Waals surface area (Å²) in [6, 6.07) is 24.1. The molecule has 0 spiro atoms. The summed E-state index contributed by atoms with van der Waals surface area (Å²) in [5.41, 5.74) is 3.27. The van der Waals surface area contributed by atoms with Gasteiger partial charge in [0, 0.05) is 12.7 Å². The average Bonchev–Trinajstić information content (AvgIpc) is 2.85. The topological polar surface area (TPSA) is 54.5 Å². The molecule has 1 fully saturated rings. The number of nitrogens with one attached hydrogen (secondary N) is 1. The number of methoxy groups -OCH3 is 1. The van der Waals surface area contributed by atoms with Crippen LogP contribution in [-0.4, -0.2) is 36.0 Å². The molecule has 1 aliphatic rings. The van der Waals surface area contributed by atoms with Crippen molar-refractivity contribution >= 4 is 5.91 Å². The molecule has 1 saturated heterocycles. The van der Waals surface area contributed by atoms with Gasteiger partial charge >= 0.3 is 0 Å². The van der Waals surface area contributed by atoms with Gasteiger partial charge in [0.05, 0.1) is 25.3 Å². The van der Waals surface area contributed by atoms with E-state index in [-0.39, 0.29) is 11.9 Å². The van der Waals surface area contributed by atoms with Crippen molar-refractivity contribution in [3.05, 3.63) is 95.8 Å². The van der Waals surface area contributed by atoms with Gasteiger partial charge < -0.3 is 10.1 Å². The van der Waals surface area contributed by atoms with E-state index >= 15 is 0 Å². The zero-order chi connectivity index (χ0) is 22.2. The quantitative estimate of drug-likeness (QED) is 0.577. The number of amides is 1. The highest BCUT2D eigenvalue weighted by molar-refractivity contribution is 5.79. The van der Waals surface area contributed by atoms with Gasteiger partial charge in [0.2, 0.25) is 5.91 Å². The van der Waals surface area contributed by atoms with Crippen molar-refractivity contribution in [3.63, 3.8) is 0 Å². The number of rotatable bonds is 8. The Balaban J connectivity index is 1.38. The monoisotopic (exact) mass is 429 g/mol. The van der Waals surface area contributed by atoms with E-state index in [9.17, 15) is 4.79 Å².